The molecule has 0 aliphatic heterocycles. The standard InChI is InChI=1S/C18H17FN4O2/c1-22(12-13-6-2-3-8-15(13)19)17(24)11-20-18(25)16-10-14-7-4-5-9-23(14)21-16/h2-10H,11-12H2,1H3,(H,20,25). The van der Waals surface area contributed by atoms with Crippen LogP contribution in [-0.4, -0.2) is 39.9 Å². The van der Waals surface area contributed by atoms with Gasteiger partial charge in [0.1, 0.15) is 5.82 Å². The first kappa shape index (κ1) is 16.6. The van der Waals surface area contributed by atoms with E-state index in [1.807, 2.05) is 18.2 Å². The first-order valence-electron chi connectivity index (χ1n) is 7.74. The quantitative estimate of drug-likeness (QED) is 0.771. The fourth-order valence-electron chi connectivity index (χ4n) is 2.40. The van der Waals surface area contributed by atoms with Crippen molar-refractivity contribution in [1.29, 1.82) is 0 Å². The van der Waals surface area contributed by atoms with Crippen molar-refractivity contribution in [3.63, 3.8) is 0 Å². The highest BCUT2D eigenvalue weighted by Crippen LogP contribution is 2.09. The van der Waals surface area contributed by atoms with Gasteiger partial charge in [0.2, 0.25) is 5.91 Å². The Kier molecular flexibility index (Phi) is 4.74. The number of nitrogens with one attached hydrogen (secondary N) is 1. The van der Waals surface area contributed by atoms with E-state index < -0.39 is 5.91 Å². The van der Waals surface area contributed by atoms with Gasteiger partial charge >= 0.3 is 0 Å². The molecule has 25 heavy (non-hydrogen) atoms. The van der Waals surface area contributed by atoms with Gasteiger partial charge in [-0.05, 0) is 24.3 Å². The van der Waals surface area contributed by atoms with Gasteiger partial charge in [0, 0.05) is 25.4 Å². The summed E-state index contributed by atoms with van der Waals surface area (Å²) in [5.41, 5.74) is 1.44. The van der Waals surface area contributed by atoms with Crippen molar-refractivity contribution >= 4 is 17.3 Å². The van der Waals surface area contributed by atoms with Gasteiger partial charge in [0.05, 0.1) is 12.1 Å². The molecule has 0 atom stereocenters. The van der Waals surface area contributed by atoms with Crippen molar-refractivity contribution in [2.45, 2.75) is 6.54 Å². The summed E-state index contributed by atoms with van der Waals surface area (Å²) in [4.78, 5) is 25.6. The summed E-state index contributed by atoms with van der Waals surface area (Å²) in [6.07, 6.45) is 1.74. The number of hydrogen-bond acceptors (Lipinski definition) is 3. The van der Waals surface area contributed by atoms with Crippen LogP contribution >= 0.6 is 0 Å². The van der Waals surface area contributed by atoms with Gasteiger partial charge in [-0.25, -0.2) is 8.91 Å². The number of hydrogen-bond donors (Lipinski definition) is 1. The third-order valence-corrected chi connectivity index (χ3v) is 3.79. The van der Waals surface area contributed by atoms with E-state index in [2.05, 4.69) is 10.4 Å². The number of benzene rings is 1. The Morgan fingerprint density at radius 3 is 2.72 bits per heavy atom. The van der Waals surface area contributed by atoms with Gasteiger partial charge in [-0.1, -0.05) is 24.3 Å². The lowest BCUT2D eigenvalue weighted by Crippen LogP contribution is -2.38. The highest BCUT2D eigenvalue weighted by molar-refractivity contribution is 5.95. The Morgan fingerprint density at radius 2 is 1.96 bits per heavy atom. The average molecular weight is 340 g/mol. The Labute approximate surface area is 143 Å². The predicted molar refractivity (Wildman–Crippen MR) is 90.4 cm³/mol. The molecule has 2 heterocycles. The number of pyridine rings is 1. The Hall–Kier alpha value is -3.22. The third-order valence-electron chi connectivity index (χ3n) is 3.79. The van der Waals surface area contributed by atoms with Crippen LogP contribution in [0.25, 0.3) is 5.52 Å². The molecule has 0 saturated heterocycles. The number of carbonyl (C=O) groups is 2. The summed E-state index contributed by atoms with van der Waals surface area (Å²) < 4.78 is 15.2. The number of fused-ring (bicyclic) bond motifs is 1. The number of aromatic nitrogens is 2. The molecule has 3 aromatic rings. The number of amides is 2. The minimum absolute atomic E-state index is 0.135. The Bertz CT molecular complexity index is 889. The SMILES string of the molecule is CN(Cc1ccccc1F)C(=O)CNC(=O)c1cc2ccccn2n1. The molecule has 0 radical (unpaired) electrons. The molecule has 0 unspecified atom stereocenters. The van der Waals surface area contributed by atoms with Gasteiger partial charge in [-0.2, -0.15) is 5.10 Å². The highest BCUT2D eigenvalue weighted by Gasteiger charge is 2.15. The average Bonchev–Trinajstić information content (AvgIpc) is 3.05. The smallest absolute Gasteiger partial charge is 0.272 e. The van der Waals surface area contributed by atoms with Crippen LogP contribution in [0, 0.1) is 5.82 Å². The summed E-state index contributed by atoms with van der Waals surface area (Å²) in [7, 11) is 1.56. The molecule has 6 nitrogen and oxygen atoms in total. The molecule has 3 rings (SSSR count). The van der Waals surface area contributed by atoms with E-state index in [0.717, 1.165) is 5.52 Å². The van der Waals surface area contributed by atoms with Gasteiger partial charge in [0.15, 0.2) is 5.69 Å². The van der Waals surface area contributed by atoms with E-state index in [1.54, 1.807) is 42.0 Å². The van der Waals surface area contributed by atoms with Crippen LogP contribution in [0.4, 0.5) is 4.39 Å². The zero-order chi connectivity index (χ0) is 17.8. The van der Waals surface area contributed by atoms with Crippen LogP contribution in [0.3, 0.4) is 0 Å². The zero-order valence-electron chi connectivity index (χ0n) is 13.6. The number of rotatable bonds is 5. The normalized spacial score (nSPS) is 10.6. The molecule has 2 aromatic heterocycles. The van der Waals surface area contributed by atoms with Crippen LogP contribution < -0.4 is 5.32 Å². The van der Waals surface area contributed by atoms with Crippen molar-refractivity contribution in [2.75, 3.05) is 13.6 Å². The van der Waals surface area contributed by atoms with E-state index in [4.69, 9.17) is 0 Å². The van der Waals surface area contributed by atoms with Crippen molar-refractivity contribution in [3.05, 3.63) is 71.8 Å². The van der Waals surface area contributed by atoms with E-state index in [1.165, 1.54) is 11.0 Å². The van der Waals surface area contributed by atoms with Gasteiger partial charge in [-0.15, -0.1) is 0 Å². The molecule has 1 N–H and O–H groups in total. The Balaban J connectivity index is 1.57. The third kappa shape index (κ3) is 3.82. The number of carbonyl (C=O) groups excluding carboxylic acids is 2. The monoisotopic (exact) mass is 340 g/mol. The van der Waals surface area contributed by atoms with Crippen LogP contribution in [0.5, 0.6) is 0 Å². The van der Waals surface area contributed by atoms with Crippen molar-refractivity contribution in [3.8, 4) is 0 Å². The second-order valence-electron chi connectivity index (χ2n) is 5.62. The topological polar surface area (TPSA) is 66.7 Å². The summed E-state index contributed by atoms with van der Waals surface area (Å²) in [6, 6.07) is 13.4. The fraction of sp³-hybridized carbons (Fsp3) is 0.167. The maximum atomic E-state index is 13.6. The molecule has 0 aliphatic carbocycles. The summed E-state index contributed by atoms with van der Waals surface area (Å²) >= 11 is 0. The maximum absolute atomic E-state index is 13.6. The van der Waals surface area contributed by atoms with Gasteiger partial charge in [-0.3, -0.25) is 9.59 Å². The minimum Gasteiger partial charge on any atom is -0.342 e. The first-order chi connectivity index (χ1) is 12.0. The van der Waals surface area contributed by atoms with Crippen LogP contribution in [0.1, 0.15) is 16.1 Å². The second kappa shape index (κ2) is 7.12. The lowest BCUT2D eigenvalue weighted by atomic mass is 10.2. The number of halogens is 1. The van der Waals surface area contributed by atoms with Crippen LogP contribution in [0.2, 0.25) is 0 Å². The molecular formula is C18H17FN4O2. The maximum Gasteiger partial charge on any atom is 0.272 e. The minimum atomic E-state index is -0.434. The van der Waals surface area contributed by atoms with Gasteiger partial charge < -0.3 is 10.2 Å². The van der Waals surface area contributed by atoms with Crippen LogP contribution in [-0.2, 0) is 11.3 Å². The molecule has 0 spiro atoms. The fourth-order valence-corrected chi connectivity index (χ4v) is 2.40. The first-order valence-corrected chi connectivity index (χ1v) is 7.74. The molecular weight excluding hydrogens is 323 g/mol. The molecule has 0 saturated carbocycles. The van der Waals surface area contributed by atoms with Gasteiger partial charge in [0.25, 0.3) is 5.91 Å². The second-order valence-corrected chi connectivity index (χ2v) is 5.62. The lowest BCUT2D eigenvalue weighted by Gasteiger charge is -2.17. The molecule has 0 aliphatic rings. The summed E-state index contributed by atoms with van der Waals surface area (Å²) in [5.74, 6) is -1.12. The highest BCUT2D eigenvalue weighted by atomic mass is 19.1. The Morgan fingerprint density at radius 1 is 1.20 bits per heavy atom. The lowest BCUT2D eigenvalue weighted by molar-refractivity contribution is -0.129. The van der Waals surface area contributed by atoms with E-state index in [9.17, 15) is 14.0 Å². The largest absolute Gasteiger partial charge is 0.342 e. The number of nitrogens with zero attached hydrogens (tertiary/aromatic N) is 3. The number of likely N-dealkylation sites (N-methyl/N-ethyl adjacent to an activating group) is 1. The molecule has 0 bridgehead atoms. The zero-order valence-corrected chi connectivity index (χ0v) is 13.6. The van der Waals surface area contributed by atoms with E-state index in [-0.39, 0.29) is 30.5 Å². The molecule has 1 aromatic carbocycles. The summed E-state index contributed by atoms with van der Waals surface area (Å²) in [6.45, 7) is -0.0482. The molecule has 7 heteroatoms. The van der Waals surface area contributed by atoms with Crippen LogP contribution in [0.15, 0.2) is 54.7 Å². The van der Waals surface area contributed by atoms with Crippen molar-refractivity contribution < 1.29 is 14.0 Å². The molecule has 2 amide bonds. The molecule has 0 fully saturated rings. The van der Waals surface area contributed by atoms with Crippen molar-refractivity contribution in [1.82, 2.24) is 19.8 Å². The molecule has 128 valence electrons. The van der Waals surface area contributed by atoms with Crippen molar-refractivity contribution in [2.24, 2.45) is 0 Å². The van der Waals surface area contributed by atoms with E-state index in [0.29, 0.717) is 5.56 Å². The van der Waals surface area contributed by atoms with E-state index >= 15 is 0 Å². The summed E-state index contributed by atoms with van der Waals surface area (Å²) in [5, 5.41) is 6.69. The predicted octanol–water partition coefficient (Wildman–Crippen LogP) is 1.86.